The second kappa shape index (κ2) is 14.3. The fourth-order valence-corrected chi connectivity index (χ4v) is 4.30. The second-order valence-electron chi connectivity index (χ2n) is 9.43. The van der Waals surface area contributed by atoms with Crippen molar-refractivity contribution in [2.45, 2.75) is 66.7 Å². The van der Waals surface area contributed by atoms with Crippen molar-refractivity contribution in [1.82, 2.24) is 9.55 Å². The summed E-state index contributed by atoms with van der Waals surface area (Å²) >= 11 is 0. The molecule has 37 heavy (non-hydrogen) atoms. The molecule has 0 fully saturated rings. The Labute approximate surface area is 221 Å². The third-order valence-electron chi connectivity index (χ3n) is 6.63. The average Bonchev–Trinajstić information content (AvgIpc) is 2.91. The van der Waals surface area contributed by atoms with Gasteiger partial charge in [0.2, 0.25) is 0 Å². The lowest BCUT2D eigenvalue weighted by atomic mass is 9.91. The molecule has 0 aliphatic carbocycles. The van der Waals surface area contributed by atoms with Gasteiger partial charge >= 0.3 is 0 Å². The van der Waals surface area contributed by atoms with Crippen LogP contribution in [-0.2, 0) is 13.5 Å². The van der Waals surface area contributed by atoms with Gasteiger partial charge in [-0.3, -0.25) is 9.36 Å². The number of aryl methyl sites for hydroxylation is 1. The number of methoxy groups -OCH3 is 1. The largest absolute Gasteiger partial charge is 0.497 e. The molecular weight excluding hydrogens is 465 g/mol. The van der Waals surface area contributed by atoms with E-state index in [9.17, 15) is 9.18 Å². The van der Waals surface area contributed by atoms with Crippen molar-refractivity contribution in [2.75, 3.05) is 7.11 Å². The number of hydrogen-bond donors (Lipinski definition) is 0. The number of benzene rings is 2. The van der Waals surface area contributed by atoms with E-state index in [4.69, 9.17) is 15.0 Å². The van der Waals surface area contributed by atoms with Crippen molar-refractivity contribution in [1.29, 1.82) is 5.26 Å². The quantitative estimate of drug-likeness (QED) is 0.285. The zero-order chi connectivity index (χ0) is 27.5. The number of nitriles is 1. The lowest BCUT2D eigenvalue weighted by molar-refractivity contribution is 0.386. The van der Waals surface area contributed by atoms with Crippen molar-refractivity contribution in [2.24, 2.45) is 18.9 Å². The van der Waals surface area contributed by atoms with Crippen LogP contribution in [0.4, 0.5) is 4.39 Å². The summed E-state index contributed by atoms with van der Waals surface area (Å²) in [6, 6.07) is 13.4. The van der Waals surface area contributed by atoms with Crippen molar-refractivity contribution in [3.8, 4) is 34.2 Å². The van der Waals surface area contributed by atoms with Crippen molar-refractivity contribution in [3.63, 3.8) is 0 Å². The first-order valence-electron chi connectivity index (χ1n) is 13.2. The topological polar surface area (TPSA) is 67.9 Å². The van der Waals surface area contributed by atoms with Gasteiger partial charge in [-0.05, 0) is 48.1 Å². The standard InChI is InChI=1S/C29H34FN3O2.C2H6/c1-6-20(8-7-19(2)3)9-16-26-32-28(22-10-11-23(18-31)25(30)17-22)27(29(34)33(26)4)21-12-14-24(35-5)15-13-21;1-2/h10-15,17,19-20H,6-9,16H2,1-5H3;1-2H3. The van der Waals surface area contributed by atoms with Crippen molar-refractivity contribution >= 4 is 0 Å². The van der Waals surface area contributed by atoms with Gasteiger partial charge < -0.3 is 4.74 Å². The molecule has 2 aromatic carbocycles. The molecule has 0 saturated heterocycles. The molecule has 0 amide bonds. The number of hydrogen-bond acceptors (Lipinski definition) is 4. The van der Waals surface area contributed by atoms with Crippen LogP contribution in [0.3, 0.4) is 0 Å². The summed E-state index contributed by atoms with van der Waals surface area (Å²) in [6.07, 6.45) is 5.01. The first kappa shape index (κ1) is 29.8. The first-order valence-corrected chi connectivity index (χ1v) is 13.2. The van der Waals surface area contributed by atoms with Gasteiger partial charge in [0.1, 0.15) is 23.5 Å². The highest BCUT2D eigenvalue weighted by atomic mass is 19.1. The average molecular weight is 506 g/mol. The molecule has 1 heterocycles. The van der Waals surface area contributed by atoms with Gasteiger partial charge in [-0.1, -0.05) is 72.1 Å². The number of nitrogens with zero attached hydrogens (tertiary/aromatic N) is 3. The van der Waals surface area contributed by atoms with Crippen LogP contribution in [0.25, 0.3) is 22.4 Å². The molecule has 1 atom stereocenters. The number of ether oxygens (including phenoxy) is 1. The maximum absolute atomic E-state index is 14.5. The van der Waals surface area contributed by atoms with Crippen LogP contribution in [0.2, 0.25) is 0 Å². The fraction of sp³-hybridized carbons (Fsp3) is 0.452. The van der Waals surface area contributed by atoms with E-state index >= 15 is 0 Å². The van der Waals surface area contributed by atoms with Crippen LogP contribution in [-0.4, -0.2) is 16.7 Å². The van der Waals surface area contributed by atoms with E-state index in [1.807, 2.05) is 19.9 Å². The minimum Gasteiger partial charge on any atom is -0.497 e. The van der Waals surface area contributed by atoms with Gasteiger partial charge in [-0.2, -0.15) is 5.26 Å². The number of rotatable bonds is 10. The van der Waals surface area contributed by atoms with E-state index in [1.165, 1.54) is 18.6 Å². The van der Waals surface area contributed by atoms with E-state index in [2.05, 4.69) is 20.8 Å². The predicted molar refractivity (Wildman–Crippen MR) is 149 cm³/mol. The fourth-order valence-electron chi connectivity index (χ4n) is 4.30. The Balaban J connectivity index is 0.00000235. The van der Waals surface area contributed by atoms with Crippen molar-refractivity contribution in [3.05, 3.63) is 70.0 Å². The van der Waals surface area contributed by atoms with Crippen molar-refractivity contribution < 1.29 is 9.13 Å². The van der Waals surface area contributed by atoms with Gasteiger partial charge in [0.15, 0.2) is 0 Å². The molecule has 0 radical (unpaired) electrons. The summed E-state index contributed by atoms with van der Waals surface area (Å²) in [7, 11) is 3.33. The molecule has 5 nitrogen and oxygen atoms in total. The summed E-state index contributed by atoms with van der Waals surface area (Å²) in [5.74, 6) is 1.94. The Morgan fingerprint density at radius 1 is 1.05 bits per heavy atom. The summed E-state index contributed by atoms with van der Waals surface area (Å²) in [5.41, 5.74) is 1.74. The summed E-state index contributed by atoms with van der Waals surface area (Å²) in [4.78, 5) is 18.5. The molecule has 1 aromatic heterocycles. The van der Waals surface area contributed by atoms with Crippen LogP contribution >= 0.6 is 0 Å². The van der Waals surface area contributed by atoms with E-state index in [1.54, 1.807) is 49.1 Å². The Hall–Kier alpha value is -3.46. The van der Waals surface area contributed by atoms with Crippen LogP contribution in [0.15, 0.2) is 47.3 Å². The first-order chi connectivity index (χ1) is 17.8. The Morgan fingerprint density at radius 3 is 2.24 bits per heavy atom. The normalized spacial score (nSPS) is 11.5. The van der Waals surface area contributed by atoms with E-state index in [0.717, 1.165) is 19.3 Å². The zero-order valence-corrected chi connectivity index (χ0v) is 23.3. The van der Waals surface area contributed by atoms with E-state index < -0.39 is 5.82 Å². The minimum absolute atomic E-state index is 0.0419. The maximum atomic E-state index is 14.5. The summed E-state index contributed by atoms with van der Waals surface area (Å²) in [6.45, 7) is 10.7. The Kier molecular flexibility index (Phi) is 11.5. The third-order valence-corrected chi connectivity index (χ3v) is 6.63. The van der Waals surface area contributed by atoms with Crippen LogP contribution in [0.1, 0.15) is 71.7 Å². The summed E-state index contributed by atoms with van der Waals surface area (Å²) < 4.78 is 21.4. The number of halogens is 1. The molecule has 0 spiro atoms. The molecule has 0 saturated carbocycles. The monoisotopic (exact) mass is 505 g/mol. The lowest BCUT2D eigenvalue weighted by Gasteiger charge is -2.19. The van der Waals surface area contributed by atoms with Crippen LogP contribution in [0, 0.1) is 29.0 Å². The predicted octanol–water partition coefficient (Wildman–Crippen LogP) is 7.55. The zero-order valence-electron chi connectivity index (χ0n) is 23.3. The molecule has 0 N–H and O–H groups in total. The molecule has 0 aliphatic heterocycles. The van der Waals surface area contributed by atoms with E-state index in [-0.39, 0.29) is 11.1 Å². The Bertz CT molecular complexity index is 1260. The molecule has 3 rings (SSSR count). The molecule has 6 heteroatoms. The van der Waals surface area contributed by atoms with Gasteiger partial charge in [-0.15, -0.1) is 0 Å². The maximum Gasteiger partial charge on any atom is 0.261 e. The number of aromatic nitrogens is 2. The molecule has 3 aromatic rings. The lowest BCUT2D eigenvalue weighted by Crippen LogP contribution is -2.25. The van der Waals surface area contributed by atoms with Gasteiger partial charge in [0.25, 0.3) is 5.56 Å². The van der Waals surface area contributed by atoms with Gasteiger partial charge in [0.05, 0.1) is 23.9 Å². The van der Waals surface area contributed by atoms with Crippen LogP contribution < -0.4 is 10.3 Å². The SMILES string of the molecule is CC.CCC(CCc1nc(-c2ccc(C#N)c(F)c2)c(-c2ccc(OC)cc2)c(=O)n1C)CCC(C)C. The highest BCUT2D eigenvalue weighted by Crippen LogP contribution is 2.31. The molecule has 198 valence electrons. The minimum atomic E-state index is -0.630. The third kappa shape index (κ3) is 7.52. The van der Waals surface area contributed by atoms with Crippen LogP contribution in [0.5, 0.6) is 5.75 Å². The van der Waals surface area contributed by atoms with Gasteiger partial charge in [0, 0.05) is 19.0 Å². The summed E-state index contributed by atoms with van der Waals surface area (Å²) in [5, 5.41) is 9.14. The van der Waals surface area contributed by atoms with Gasteiger partial charge in [-0.25, -0.2) is 9.37 Å². The Morgan fingerprint density at radius 2 is 1.70 bits per heavy atom. The highest BCUT2D eigenvalue weighted by molar-refractivity contribution is 5.80. The smallest absolute Gasteiger partial charge is 0.261 e. The molecule has 1 unspecified atom stereocenters. The molecule has 0 bridgehead atoms. The second-order valence-corrected chi connectivity index (χ2v) is 9.43. The highest BCUT2D eigenvalue weighted by Gasteiger charge is 2.20. The molecule has 0 aliphatic rings. The van der Waals surface area contributed by atoms with E-state index in [0.29, 0.717) is 52.2 Å². The molecular formula is C31H40FN3O2.